The molecule has 0 aliphatic heterocycles. The number of nitrogen functional groups attached to an aromatic ring is 1. The van der Waals surface area contributed by atoms with E-state index < -0.39 is 0 Å². The zero-order valence-corrected chi connectivity index (χ0v) is 8.91. The van der Waals surface area contributed by atoms with Crippen molar-refractivity contribution in [2.24, 2.45) is 7.05 Å². The molecule has 2 N–H and O–H groups in total. The minimum absolute atomic E-state index is 0.558. The summed E-state index contributed by atoms with van der Waals surface area (Å²) in [6.45, 7) is 4.43. The van der Waals surface area contributed by atoms with Crippen LogP contribution in [0.2, 0.25) is 0 Å². The van der Waals surface area contributed by atoms with E-state index in [4.69, 9.17) is 5.73 Å². The van der Waals surface area contributed by atoms with E-state index >= 15 is 0 Å². The largest absolute Gasteiger partial charge is 0.399 e. The van der Waals surface area contributed by atoms with Gasteiger partial charge in [-0.25, -0.2) is 0 Å². The Morgan fingerprint density at radius 1 is 1.29 bits per heavy atom. The Balaban J connectivity index is 2.77. The van der Waals surface area contributed by atoms with E-state index in [1.54, 1.807) is 0 Å². The van der Waals surface area contributed by atoms with Gasteiger partial charge in [0.25, 0.3) is 0 Å². The number of anilines is 1. The zero-order valence-electron chi connectivity index (χ0n) is 8.91. The minimum atomic E-state index is 0.558. The molecule has 0 aliphatic rings. The van der Waals surface area contributed by atoms with E-state index in [-0.39, 0.29) is 0 Å². The van der Waals surface area contributed by atoms with Gasteiger partial charge in [0.1, 0.15) is 0 Å². The summed E-state index contributed by atoms with van der Waals surface area (Å²) in [6.07, 6.45) is 2.19. The lowest BCUT2D eigenvalue weighted by Crippen LogP contribution is -1.87. The van der Waals surface area contributed by atoms with Crippen molar-refractivity contribution in [3.63, 3.8) is 0 Å². The Labute approximate surface area is 84.3 Å². The Morgan fingerprint density at radius 3 is 2.64 bits per heavy atom. The van der Waals surface area contributed by atoms with Crippen LogP contribution in [-0.4, -0.2) is 4.57 Å². The van der Waals surface area contributed by atoms with E-state index in [0.717, 1.165) is 5.69 Å². The molecule has 0 saturated carbocycles. The first-order valence-electron chi connectivity index (χ1n) is 4.94. The van der Waals surface area contributed by atoms with Gasteiger partial charge in [-0.1, -0.05) is 19.9 Å². The van der Waals surface area contributed by atoms with Crippen molar-refractivity contribution >= 4 is 16.6 Å². The molecule has 1 aromatic heterocycles. The fourth-order valence-corrected chi connectivity index (χ4v) is 1.89. The van der Waals surface area contributed by atoms with Gasteiger partial charge in [0.15, 0.2) is 0 Å². The van der Waals surface area contributed by atoms with Gasteiger partial charge >= 0.3 is 0 Å². The molecule has 0 spiro atoms. The number of hydrogen-bond acceptors (Lipinski definition) is 1. The topological polar surface area (TPSA) is 30.9 Å². The molecule has 1 heterocycles. The summed E-state index contributed by atoms with van der Waals surface area (Å²) in [6, 6.07) is 6.11. The SMILES string of the molecule is CC(C)c1cn(C)c2cc(N)ccc12. The highest BCUT2D eigenvalue weighted by atomic mass is 14.9. The lowest BCUT2D eigenvalue weighted by molar-refractivity contribution is 0.857. The average Bonchev–Trinajstić information content (AvgIpc) is 2.44. The first kappa shape index (κ1) is 9.13. The lowest BCUT2D eigenvalue weighted by Gasteiger charge is -2.01. The number of nitrogens with zero attached hydrogens (tertiary/aromatic N) is 1. The first-order chi connectivity index (χ1) is 6.59. The maximum absolute atomic E-state index is 5.76. The Kier molecular flexibility index (Phi) is 1.99. The number of rotatable bonds is 1. The van der Waals surface area contributed by atoms with Gasteiger partial charge in [-0.05, 0) is 23.6 Å². The highest BCUT2D eigenvalue weighted by Crippen LogP contribution is 2.27. The predicted octanol–water partition coefficient (Wildman–Crippen LogP) is 2.88. The molecule has 0 aliphatic carbocycles. The summed E-state index contributed by atoms with van der Waals surface area (Å²) in [5.41, 5.74) is 9.20. The molecule has 2 aromatic rings. The molecular weight excluding hydrogens is 172 g/mol. The predicted molar refractivity (Wildman–Crippen MR) is 61.4 cm³/mol. The number of aromatic nitrogens is 1. The molecular formula is C12H16N2. The van der Waals surface area contributed by atoms with Crippen LogP contribution in [0.5, 0.6) is 0 Å². The lowest BCUT2D eigenvalue weighted by atomic mass is 10.0. The molecule has 14 heavy (non-hydrogen) atoms. The Hall–Kier alpha value is -1.44. The van der Waals surface area contributed by atoms with Gasteiger partial charge in [-0.2, -0.15) is 0 Å². The molecule has 2 nitrogen and oxygen atoms in total. The van der Waals surface area contributed by atoms with Gasteiger partial charge in [0, 0.05) is 24.3 Å². The normalized spacial score (nSPS) is 11.4. The Morgan fingerprint density at radius 2 is 2.00 bits per heavy atom. The molecule has 0 saturated heterocycles. The maximum atomic E-state index is 5.76. The second kappa shape index (κ2) is 3.05. The van der Waals surface area contributed by atoms with Crippen LogP contribution in [0, 0.1) is 0 Å². The van der Waals surface area contributed by atoms with Crippen LogP contribution in [0.4, 0.5) is 5.69 Å². The molecule has 0 atom stereocenters. The quantitative estimate of drug-likeness (QED) is 0.685. The van der Waals surface area contributed by atoms with Crippen LogP contribution in [0.1, 0.15) is 25.3 Å². The van der Waals surface area contributed by atoms with Crippen molar-refractivity contribution in [1.82, 2.24) is 4.57 Å². The summed E-state index contributed by atoms with van der Waals surface area (Å²) in [7, 11) is 2.06. The second-order valence-corrected chi connectivity index (χ2v) is 4.13. The van der Waals surface area contributed by atoms with Crippen LogP contribution in [-0.2, 0) is 7.05 Å². The van der Waals surface area contributed by atoms with Crippen molar-refractivity contribution in [3.05, 3.63) is 30.0 Å². The number of benzene rings is 1. The highest BCUT2D eigenvalue weighted by molar-refractivity contribution is 5.86. The molecule has 0 radical (unpaired) electrons. The maximum Gasteiger partial charge on any atom is 0.0501 e. The van der Waals surface area contributed by atoms with Crippen molar-refractivity contribution in [2.45, 2.75) is 19.8 Å². The fraction of sp³-hybridized carbons (Fsp3) is 0.333. The number of nitrogens with two attached hydrogens (primary N) is 1. The third-order valence-corrected chi connectivity index (χ3v) is 2.67. The number of hydrogen-bond donors (Lipinski definition) is 1. The molecule has 0 fully saturated rings. The summed E-state index contributed by atoms with van der Waals surface area (Å²) in [5.74, 6) is 0.558. The monoisotopic (exact) mass is 188 g/mol. The van der Waals surface area contributed by atoms with Crippen LogP contribution in [0.25, 0.3) is 10.9 Å². The van der Waals surface area contributed by atoms with Gasteiger partial charge < -0.3 is 10.3 Å². The molecule has 0 unspecified atom stereocenters. The molecule has 0 bridgehead atoms. The van der Waals surface area contributed by atoms with Gasteiger partial charge in [-0.15, -0.1) is 0 Å². The van der Waals surface area contributed by atoms with Crippen molar-refractivity contribution in [2.75, 3.05) is 5.73 Å². The van der Waals surface area contributed by atoms with Crippen LogP contribution >= 0.6 is 0 Å². The summed E-state index contributed by atoms with van der Waals surface area (Å²) >= 11 is 0. The third kappa shape index (κ3) is 1.27. The smallest absolute Gasteiger partial charge is 0.0501 e. The van der Waals surface area contributed by atoms with E-state index in [1.165, 1.54) is 16.5 Å². The molecule has 2 heteroatoms. The first-order valence-corrected chi connectivity index (χ1v) is 4.94. The van der Waals surface area contributed by atoms with Crippen molar-refractivity contribution in [1.29, 1.82) is 0 Å². The standard InChI is InChI=1S/C12H16N2/c1-8(2)11-7-14(3)12-6-9(13)4-5-10(11)12/h4-8H,13H2,1-3H3. The molecule has 74 valence electrons. The van der Waals surface area contributed by atoms with Crippen LogP contribution in [0.15, 0.2) is 24.4 Å². The van der Waals surface area contributed by atoms with Crippen molar-refractivity contribution in [3.8, 4) is 0 Å². The van der Waals surface area contributed by atoms with E-state index in [2.05, 4.69) is 37.7 Å². The number of fused-ring (bicyclic) bond motifs is 1. The fourth-order valence-electron chi connectivity index (χ4n) is 1.89. The van der Waals surface area contributed by atoms with E-state index in [9.17, 15) is 0 Å². The summed E-state index contributed by atoms with van der Waals surface area (Å²) in [4.78, 5) is 0. The van der Waals surface area contributed by atoms with Gasteiger partial charge in [0.05, 0.1) is 5.52 Å². The van der Waals surface area contributed by atoms with E-state index in [1.807, 2.05) is 12.1 Å². The van der Waals surface area contributed by atoms with Gasteiger partial charge in [0.2, 0.25) is 0 Å². The average molecular weight is 188 g/mol. The Bertz CT molecular complexity index is 466. The number of aryl methyl sites for hydroxylation is 1. The minimum Gasteiger partial charge on any atom is -0.399 e. The van der Waals surface area contributed by atoms with E-state index in [0.29, 0.717) is 5.92 Å². The molecule has 2 rings (SSSR count). The summed E-state index contributed by atoms with van der Waals surface area (Å²) in [5, 5.41) is 1.32. The molecule has 0 amide bonds. The van der Waals surface area contributed by atoms with Crippen molar-refractivity contribution < 1.29 is 0 Å². The highest BCUT2D eigenvalue weighted by Gasteiger charge is 2.09. The van der Waals surface area contributed by atoms with Crippen LogP contribution < -0.4 is 5.73 Å². The summed E-state index contributed by atoms with van der Waals surface area (Å²) < 4.78 is 2.14. The molecule has 1 aromatic carbocycles. The second-order valence-electron chi connectivity index (χ2n) is 4.13. The third-order valence-electron chi connectivity index (χ3n) is 2.67. The zero-order chi connectivity index (χ0) is 10.3. The van der Waals surface area contributed by atoms with Gasteiger partial charge in [-0.3, -0.25) is 0 Å². The van der Waals surface area contributed by atoms with Crippen LogP contribution in [0.3, 0.4) is 0 Å².